The Morgan fingerprint density at radius 2 is 2.17 bits per heavy atom. The molecule has 3 heterocycles. The largest absolute Gasteiger partial charge is 0.301 e. The average Bonchev–Trinajstić information content (AvgIpc) is 3.22. The third-order valence-corrected chi connectivity index (χ3v) is 6.03. The number of carbonyl (C=O) groups is 1. The number of fused-ring (bicyclic) bond motifs is 1. The van der Waals surface area contributed by atoms with Gasteiger partial charge in [0.15, 0.2) is 10.1 Å². The Kier molecular flexibility index (Phi) is 3.77. The average molecular weight is 346 g/mol. The van der Waals surface area contributed by atoms with Crippen molar-refractivity contribution in [1.29, 1.82) is 0 Å². The van der Waals surface area contributed by atoms with E-state index in [-0.39, 0.29) is 5.91 Å². The SMILES string of the molecule is Cc1cn2c(/C=C3/SC(=NC4CCCC4)NC3=O)c(C)nc2s1. The van der Waals surface area contributed by atoms with Gasteiger partial charge >= 0.3 is 0 Å². The van der Waals surface area contributed by atoms with Crippen LogP contribution in [0.2, 0.25) is 0 Å². The van der Waals surface area contributed by atoms with Gasteiger partial charge in [-0.3, -0.25) is 14.2 Å². The normalized spacial score (nSPS) is 22.8. The van der Waals surface area contributed by atoms with E-state index in [0.717, 1.165) is 34.4 Å². The van der Waals surface area contributed by atoms with Crippen molar-refractivity contribution in [1.82, 2.24) is 14.7 Å². The van der Waals surface area contributed by atoms with Gasteiger partial charge in [-0.15, -0.1) is 11.3 Å². The number of thioether (sulfide) groups is 1. The first-order valence-corrected chi connectivity index (χ1v) is 9.47. The molecule has 0 spiro atoms. The molecule has 0 aromatic carbocycles. The summed E-state index contributed by atoms with van der Waals surface area (Å²) >= 11 is 3.10. The van der Waals surface area contributed by atoms with Gasteiger partial charge < -0.3 is 5.32 Å². The molecule has 0 bridgehead atoms. The number of imidazole rings is 1. The van der Waals surface area contributed by atoms with Crippen LogP contribution in [0.15, 0.2) is 16.1 Å². The van der Waals surface area contributed by atoms with Crippen LogP contribution in [0.4, 0.5) is 0 Å². The van der Waals surface area contributed by atoms with E-state index in [1.807, 2.05) is 13.0 Å². The highest BCUT2D eigenvalue weighted by molar-refractivity contribution is 8.18. The number of aliphatic imine (C=N–C) groups is 1. The summed E-state index contributed by atoms with van der Waals surface area (Å²) < 4.78 is 2.06. The van der Waals surface area contributed by atoms with Gasteiger partial charge in [-0.25, -0.2) is 4.98 Å². The van der Waals surface area contributed by atoms with Gasteiger partial charge in [0.1, 0.15) is 0 Å². The van der Waals surface area contributed by atoms with Crippen molar-refractivity contribution in [2.75, 3.05) is 0 Å². The zero-order chi connectivity index (χ0) is 16.0. The first-order chi connectivity index (χ1) is 11.1. The molecule has 1 N–H and O–H groups in total. The molecule has 1 aliphatic heterocycles. The summed E-state index contributed by atoms with van der Waals surface area (Å²) in [6.07, 6.45) is 8.75. The highest BCUT2D eigenvalue weighted by Crippen LogP contribution is 2.30. The Labute approximate surface area is 142 Å². The molecule has 0 radical (unpaired) electrons. The van der Waals surface area contributed by atoms with Gasteiger partial charge in [0.05, 0.1) is 22.3 Å². The van der Waals surface area contributed by atoms with Gasteiger partial charge in [-0.05, 0) is 44.5 Å². The van der Waals surface area contributed by atoms with Crippen LogP contribution in [0.3, 0.4) is 0 Å². The molecule has 1 saturated heterocycles. The first kappa shape index (κ1) is 15.0. The first-order valence-electron chi connectivity index (χ1n) is 7.84. The van der Waals surface area contributed by atoms with E-state index in [9.17, 15) is 4.79 Å². The van der Waals surface area contributed by atoms with Crippen LogP contribution in [-0.4, -0.2) is 26.5 Å². The van der Waals surface area contributed by atoms with Crippen LogP contribution in [0, 0.1) is 13.8 Å². The van der Waals surface area contributed by atoms with E-state index >= 15 is 0 Å². The Bertz CT molecular complexity index is 840. The monoisotopic (exact) mass is 346 g/mol. The van der Waals surface area contributed by atoms with E-state index in [1.165, 1.54) is 29.5 Å². The second-order valence-corrected chi connectivity index (χ2v) is 8.26. The summed E-state index contributed by atoms with van der Waals surface area (Å²) in [5.74, 6) is -0.0620. The van der Waals surface area contributed by atoms with E-state index in [4.69, 9.17) is 0 Å². The van der Waals surface area contributed by atoms with Crippen molar-refractivity contribution in [3.05, 3.63) is 27.4 Å². The fourth-order valence-electron chi connectivity index (χ4n) is 3.07. The molecule has 0 atom stereocenters. The van der Waals surface area contributed by atoms with Crippen LogP contribution in [-0.2, 0) is 4.79 Å². The number of hydrogen-bond acceptors (Lipinski definition) is 5. The second-order valence-electron chi connectivity index (χ2n) is 6.01. The Morgan fingerprint density at radius 3 is 2.96 bits per heavy atom. The van der Waals surface area contributed by atoms with Crippen molar-refractivity contribution in [2.45, 2.75) is 45.6 Å². The number of aryl methyl sites for hydroxylation is 2. The minimum Gasteiger partial charge on any atom is -0.301 e. The number of amides is 1. The number of aromatic nitrogens is 2. The highest BCUT2D eigenvalue weighted by Gasteiger charge is 2.26. The third-order valence-electron chi connectivity index (χ3n) is 4.21. The molecular weight excluding hydrogens is 328 g/mol. The molecule has 5 nitrogen and oxygen atoms in total. The Morgan fingerprint density at radius 1 is 1.39 bits per heavy atom. The molecule has 2 aromatic heterocycles. The molecule has 1 saturated carbocycles. The zero-order valence-electron chi connectivity index (χ0n) is 13.1. The lowest BCUT2D eigenvalue weighted by molar-refractivity contribution is -0.115. The van der Waals surface area contributed by atoms with Crippen molar-refractivity contribution < 1.29 is 4.79 Å². The van der Waals surface area contributed by atoms with Crippen molar-refractivity contribution >= 4 is 45.2 Å². The molecule has 4 rings (SSSR count). The number of carbonyl (C=O) groups excluding carboxylic acids is 1. The predicted molar refractivity (Wildman–Crippen MR) is 95.9 cm³/mol. The minimum absolute atomic E-state index is 0.0620. The quantitative estimate of drug-likeness (QED) is 0.847. The maximum Gasteiger partial charge on any atom is 0.264 e. The molecule has 23 heavy (non-hydrogen) atoms. The van der Waals surface area contributed by atoms with Crippen LogP contribution >= 0.6 is 23.1 Å². The molecule has 1 aliphatic carbocycles. The van der Waals surface area contributed by atoms with E-state index < -0.39 is 0 Å². The van der Waals surface area contributed by atoms with Crippen molar-refractivity contribution in [3.8, 4) is 0 Å². The van der Waals surface area contributed by atoms with Gasteiger partial charge in [0.2, 0.25) is 0 Å². The van der Waals surface area contributed by atoms with Gasteiger partial charge in [-0.2, -0.15) is 0 Å². The lowest BCUT2D eigenvalue weighted by atomic mass is 10.3. The number of amidine groups is 1. The third kappa shape index (κ3) is 2.83. The summed E-state index contributed by atoms with van der Waals surface area (Å²) in [5.41, 5.74) is 1.92. The maximum atomic E-state index is 12.2. The van der Waals surface area contributed by atoms with E-state index in [2.05, 4.69) is 32.8 Å². The Hall–Kier alpha value is -1.60. The van der Waals surface area contributed by atoms with E-state index in [1.54, 1.807) is 11.3 Å². The number of nitrogens with one attached hydrogen (secondary N) is 1. The van der Waals surface area contributed by atoms with Crippen LogP contribution < -0.4 is 5.32 Å². The number of thiazole rings is 1. The summed E-state index contributed by atoms with van der Waals surface area (Å²) in [6, 6.07) is 0.375. The highest BCUT2D eigenvalue weighted by atomic mass is 32.2. The summed E-state index contributed by atoms with van der Waals surface area (Å²) in [7, 11) is 0. The lowest BCUT2D eigenvalue weighted by Gasteiger charge is -2.02. The number of rotatable bonds is 2. The lowest BCUT2D eigenvalue weighted by Crippen LogP contribution is -2.21. The standard InChI is InChI=1S/C16H18N4OS2/c1-9-8-20-12(10(2)17-16(20)22-9)7-13-14(21)19-15(23-13)18-11-5-3-4-6-11/h7-8,11H,3-6H2,1-2H3,(H,18,19,21)/b13-7+. The van der Waals surface area contributed by atoms with Crippen LogP contribution in [0.1, 0.15) is 41.9 Å². The Balaban J connectivity index is 1.65. The molecule has 2 aliphatic rings. The van der Waals surface area contributed by atoms with Crippen molar-refractivity contribution in [3.63, 3.8) is 0 Å². The van der Waals surface area contributed by atoms with Crippen LogP contribution in [0.5, 0.6) is 0 Å². The molecule has 7 heteroatoms. The van der Waals surface area contributed by atoms with Gasteiger partial charge in [0.25, 0.3) is 5.91 Å². The number of nitrogens with zero attached hydrogens (tertiary/aromatic N) is 3. The smallest absolute Gasteiger partial charge is 0.264 e. The fraction of sp³-hybridized carbons (Fsp3) is 0.438. The molecule has 2 fully saturated rings. The summed E-state index contributed by atoms with van der Waals surface area (Å²) in [5, 5.41) is 3.64. The van der Waals surface area contributed by atoms with Crippen molar-refractivity contribution in [2.24, 2.45) is 4.99 Å². The molecule has 120 valence electrons. The number of hydrogen-bond donors (Lipinski definition) is 1. The van der Waals surface area contributed by atoms with E-state index in [0.29, 0.717) is 10.9 Å². The van der Waals surface area contributed by atoms with Gasteiger partial charge in [-0.1, -0.05) is 12.8 Å². The molecule has 1 amide bonds. The molecule has 2 aromatic rings. The predicted octanol–water partition coefficient (Wildman–Crippen LogP) is 3.52. The zero-order valence-corrected chi connectivity index (χ0v) is 14.8. The fourth-order valence-corrected chi connectivity index (χ4v) is 4.81. The maximum absolute atomic E-state index is 12.2. The van der Waals surface area contributed by atoms with Crippen LogP contribution in [0.25, 0.3) is 11.0 Å². The molecular formula is C16H18N4OS2. The summed E-state index contributed by atoms with van der Waals surface area (Å²) in [6.45, 7) is 4.04. The summed E-state index contributed by atoms with van der Waals surface area (Å²) in [4.78, 5) is 24.3. The topological polar surface area (TPSA) is 58.8 Å². The molecule has 0 unspecified atom stereocenters. The van der Waals surface area contributed by atoms with Gasteiger partial charge in [0, 0.05) is 11.1 Å². The minimum atomic E-state index is -0.0620. The second kappa shape index (κ2) is 5.79.